The third-order valence-corrected chi connectivity index (χ3v) is 5.81. The molecule has 4 atom stereocenters. The van der Waals surface area contributed by atoms with Crippen LogP contribution in [0.5, 0.6) is 0 Å². The summed E-state index contributed by atoms with van der Waals surface area (Å²) in [6, 6.07) is 7.74. The number of nitrogens with zero attached hydrogens (tertiary/aromatic N) is 1. The zero-order valence-electron chi connectivity index (χ0n) is 14.2. The van der Waals surface area contributed by atoms with E-state index in [1.54, 1.807) is 17.0 Å². The number of carbonyl (C=O) groups is 1. The Kier molecular flexibility index (Phi) is 5.00. The third-order valence-electron chi connectivity index (χ3n) is 5.81. The summed E-state index contributed by atoms with van der Waals surface area (Å²) in [4.78, 5) is 16.7. The SMILES string of the molecule is CCCCN(C(=O)c1ccc(F)cc1)C1C[C@H]2CC[C@@H](C1)[NH+]2C. The van der Waals surface area contributed by atoms with Crippen molar-refractivity contribution in [1.29, 1.82) is 0 Å². The summed E-state index contributed by atoms with van der Waals surface area (Å²) in [5.41, 5.74) is 0.612. The molecule has 0 radical (unpaired) electrons. The number of nitrogens with one attached hydrogen (secondary N) is 1. The van der Waals surface area contributed by atoms with Gasteiger partial charge < -0.3 is 9.80 Å². The summed E-state index contributed by atoms with van der Waals surface area (Å²) in [6.45, 7) is 2.97. The second-order valence-corrected chi connectivity index (χ2v) is 7.20. The Morgan fingerprint density at radius 2 is 1.83 bits per heavy atom. The number of amides is 1. The lowest BCUT2D eigenvalue weighted by atomic mass is 9.95. The van der Waals surface area contributed by atoms with E-state index in [-0.39, 0.29) is 11.7 Å². The van der Waals surface area contributed by atoms with Gasteiger partial charge in [-0.2, -0.15) is 0 Å². The number of halogens is 1. The van der Waals surface area contributed by atoms with E-state index in [4.69, 9.17) is 0 Å². The summed E-state index contributed by atoms with van der Waals surface area (Å²) in [5, 5.41) is 0. The van der Waals surface area contributed by atoms with Gasteiger partial charge in [0.2, 0.25) is 0 Å². The number of rotatable bonds is 5. The first kappa shape index (κ1) is 16.4. The lowest BCUT2D eigenvalue weighted by Gasteiger charge is -2.40. The highest BCUT2D eigenvalue weighted by molar-refractivity contribution is 5.94. The van der Waals surface area contributed by atoms with Crippen LogP contribution in [-0.2, 0) is 0 Å². The van der Waals surface area contributed by atoms with Gasteiger partial charge in [-0.25, -0.2) is 4.39 Å². The first-order valence-electron chi connectivity index (χ1n) is 9.00. The maximum absolute atomic E-state index is 13.1. The molecule has 2 unspecified atom stereocenters. The molecule has 2 heterocycles. The average molecular weight is 319 g/mol. The van der Waals surface area contributed by atoms with Crippen LogP contribution < -0.4 is 4.90 Å². The van der Waals surface area contributed by atoms with Gasteiger partial charge in [-0.3, -0.25) is 4.79 Å². The van der Waals surface area contributed by atoms with Gasteiger partial charge >= 0.3 is 0 Å². The maximum Gasteiger partial charge on any atom is 0.254 e. The summed E-state index contributed by atoms with van der Waals surface area (Å²) in [5.74, 6) is -0.218. The van der Waals surface area contributed by atoms with Gasteiger partial charge in [-0.1, -0.05) is 13.3 Å². The largest absolute Gasteiger partial charge is 0.335 e. The summed E-state index contributed by atoms with van der Waals surface area (Å²) < 4.78 is 13.1. The molecular weight excluding hydrogens is 291 g/mol. The predicted molar refractivity (Wildman–Crippen MR) is 89.1 cm³/mol. The van der Waals surface area contributed by atoms with E-state index >= 15 is 0 Å². The molecule has 2 aliphatic rings. The molecule has 1 N–H and O–H groups in total. The van der Waals surface area contributed by atoms with Crippen molar-refractivity contribution in [3.05, 3.63) is 35.6 Å². The lowest BCUT2D eigenvalue weighted by Crippen LogP contribution is -3.15. The van der Waals surface area contributed by atoms with Crippen molar-refractivity contribution >= 4 is 5.91 Å². The van der Waals surface area contributed by atoms with Gasteiger partial charge in [0, 0.05) is 43.8 Å². The van der Waals surface area contributed by atoms with Crippen molar-refractivity contribution < 1.29 is 14.1 Å². The van der Waals surface area contributed by atoms with Crippen LogP contribution in [0, 0.1) is 5.82 Å². The van der Waals surface area contributed by atoms with E-state index < -0.39 is 0 Å². The molecule has 1 aromatic carbocycles. The topological polar surface area (TPSA) is 24.8 Å². The summed E-state index contributed by atoms with van der Waals surface area (Å²) >= 11 is 0. The van der Waals surface area contributed by atoms with Crippen LogP contribution in [0.15, 0.2) is 24.3 Å². The molecular formula is C19H28FN2O+. The Morgan fingerprint density at radius 3 is 2.39 bits per heavy atom. The molecule has 1 aromatic rings. The second kappa shape index (κ2) is 7.00. The van der Waals surface area contributed by atoms with Gasteiger partial charge in [-0.05, 0) is 30.7 Å². The standard InChI is InChI=1S/C19H27FN2O/c1-3-4-11-22(19(23)14-5-7-15(20)8-6-14)18-12-16-9-10-17(13-18)21(16)2/h5-8,16-18H,3-4,9-13H2,1-2H3/p+1/t16-,17+,18?. The van der Waals surface area contributed by atoms with Gasteiger partial charge in [0.25, 0.3) is 5.91 Å². The number of quaternary nitrogens is 1. The van der Waals surface area contributed by atoms with Crippen molar-refractivity contribution in [1.82, 2.24) is 4.90 Å². The molecule has 4 heteroatoms. The zero-order chi connectivity index (χ0) is 16.4. The molecule has 2 saturated heterocycles. The summed E-state index contributed by atoms with van der Waals surface area (Å²) in [6.07, 6.45) is 6.91. The molecule has 0 aliphatic carbocycles. The van der Waals surface area contributed by atoms with Crippen molar-refractivity contribution in [2.24, 2.45) is 0 Å². The first-order chi connectivity index (χ1) is 11.1. The lowest BCUT2D eigenvalue weighted by molar-refractivity contribution is -0.922. The number of fused-ring (bicyclic) bond motifs is 2. The van der Waals surface area contributed by atoms with E-state index in [1.807, 2.05) is 0 Å². The van der Waals surface area contributed by atoms with Gasteiger partial charge in [0.05, 0.1) is 19.1 Å². The highest BCUT2D eigenvalue weighted by Crippen LogP contribution is 2.27. The molecule has 126 valence electrons. The number of hydrogen-bond donors (Lipinski definition) is 1. The minimum atomic E-state index is -0.289. The van der Waals surface area contributed by atoms with Crippen LogP contribution in [0.1, 0.15) is 55.8 Å². The van der Waals surface area contributed by atoms with Crippen molar-refractivity contribution in [2.75, 3.05) is 13.6 Å². The summed E-state index contributed by atoms with van der Waals surface area (Å²) in [7, 11) is 2.30. The van der Waals surface area contributed by atoms with E-state index in [9.17, 15) is 9.18 Å². The number of hydrogen-bond acceptors (Lipinski definition) is 1. The molecule has 0 spiro atoms. The molecule has 23 heavy (non-hydrogen) atoms. The highest BCUT2D eigenvalue weighted by atomic mass is 19.1. The smallest absolute Gasteiger partial charge is 0.254 e. The normalized spacial score (nSPS) is 29.5. The predicted octanol–water partition coefficient (Wildman–Crippen LogP) is 2.28. The molecule has 2 fully saturated rings. The van der Waals surface area contributed by atoms with Crippen LogP contribution in [-0.4, -0.2) is 42.5 Å². The number of piperidine rings is 1. The van der Waals surface area contributed by atoms with Gasteiger partial charge in [0.1, 0.15) is 5.82 Å². The number of carbonyl (C=O) groups excluding carboxylic acids is 1. The molecule has 3 nitrogen and oxygen atoms in total. The Balaban J connectivity index is 1.77. The van der Waals surface area contributed by atoms with Crippen LogP contribution in [0.2, 0.25) is 0 Å². The maximum atomic E-state index is 13.1. The zero-order valence-corrected chi connectivity index (χ0v) is 14.2. The van der Waals surface area contributed by atoms with E-state index in [0.29, 0.717) is 23.7 Å². The van der Waals surface area contributed by atoms with E-state index in [0.717, 1.165) is 32.2 Å². The first-order valence-corrected chi connectivity index (χ1v) is 9.00. The minimum absolute atomic E-state index is 0.0717. The molecule has 0 saturated carbocycles. The van der Waals surface area contributed by atoms with Crippen molar-refractivity contribution in [3.63, 3.8) is 0 Å². The highest BCUT2D eigenvalue weighted by Gasteiger charge is 2.44. The fourth-order valence-electron chi connectivity index (χ4n) is 4.34. The Morgan fingerprint density at radius 1 is 1.22 bits per heavy atom. The fraction of sp³-hybridized carbons (Fsp3) is 0.632. The Hall–Kier alpha value is -1.42. The molecule has 2 aliphatic heterocycles. The molecule has 3 rings (SSSR count). The van der Waals surface area contributed by atoms with Crippen molar-refractivity contribution in [2.45, 2.75) is 63.6 Å². The van der Waals surface area contributed by atoms with Crippen molar-refractivity contribution in [3.8, 4) is 0 Å². The van der Waals surface area contributed by atoms with E-state index in [2.05, 4.69) is 18.9 Å². The minimum Gasteiger partial charge on any atom is -0.335 e. The monoisotopic (exact) mass is 319 g/mol. The van der Waals surface area contributed by atoms with Gasteiger partial charge in [0.15, 0.2) is 0 Å². The molecule has 1 amide bonds. The Labute approximate surface area is 138 Å². The van der Waals surface area contributed by atoms with Crippen LogP contribution in [0.4, 0.5) is 4.39 Å². The number of benzene rings is 1. The molecule has 0 aromatic heterocycles. The van der Waals surface area contributed by atoms with E-state index in [1.165, 1.54) is 25.0 Å². The number of unbranched alkanes of at least 4 members (excludes halogenated alkanes) is 1. The average Bonchev–Trinajstić information content (AvgIpc) is 2.76. The van der Waals surface area contributed by atoms with Crippen LogP contribution >= 0.6 is 0 Å². The fourth-order valence-corrected chi connectivity index (χ4v) is 4.34. The quantitative estimate of drug-likeness (QED) is 0.885. The van der Waals surface area contributed by atoms with Crippen LogP contribution in [0.3, 0.4) is 0 Å². The third kappa shape index (κ3) is 3.42. The van der Waals surface area contributed by atoms with Crippen LogP contribution in [0.25, 0.3) is 0 Å². The second-order valence-electron chi connectivity index (χ2n) is 7.20. The van der Waals surface area contributed by atoms with Gasteiger partial charge in [-0.15, -0.1) is 0 Å². The Bertz CT molecular complexity index is 531. The molecule has 2 bridgehead atoms.